The Kier molecular flexibility index (Phi) is 5.46. The molecule has 8 heteroatoms. The molecule has 124 valence electrons. The summed E-state index contributed by atoms with van der Waals surface area (Å²) in [4.78, 5) is 13.3. The quantitative estimate of drug-likeness (QED) is 0.775. The number of rotatable bonds is 6. The van der Waals surface area contributed by atoms with E-state index in [0.717, 1.165) is 36.1 Å². The van der Waals surface area contributed by atoms with Crippen LogP contribution in [0.3, 0.4) is 0 Å². The number of ether oxygens (including phenoxy) is 1. The van der Waals surface area contributed by atoms with E-state index in [2.05, 4.69) is 9.44 Å². The number of fused-ring (bicyclic) bond motifs is 1. The van der Waals surface area contributed by atoms with Gasteiger partial charge in [0.25, 0.3) is 10.2 Å². The Morgan fingerprint density at radius 1 is 1.32 bits per heavy atom. The first-order chi connectivity index (χ1) is 10.3. The van der Waals surface area contributed by atoms with Gasteiger partial charge in [0.05, 0.1) is 12.2 Å². The molecule has 0 saturated heterocycles. The summed E-state index contributed by atoms with van der Waals surface area (Å²) in [6.07, 6.45) is 3.74. The molecule has 0 radical (unpaired) electrons. The summed E-state index contributed by atoms with van der Waals surface area (Å²) in [5.41, 5.74) is 1.33. The Hall–Kier alpha value is -1.12. The molecule has 1 aromatic rings. The Labute approximate surface area is 135 Å². The van der Waals surface area contributed by atoms with Crippen molar-refractivity contribution in [3.05, 3.63) is 16.0 Å². The van der Waals surface area contributed by atoms with Gasteiger partial charge in [0, 0.05) is 10.9 Å². The van der Waals surface area contributed by atoms with Crippen molar-refractivity contribution in [2.24, 2.45) is 0 Å². The maximum atomic E-state index is 12.2. The van der Waals surface area contributed by atoms with Crippen molar-refractivity contribution in [3.63, 3.8) is 0 Å². The topological polar surface area (TPSA) is 84.5 Å². The van der Waals surface area contributed by atoms with Crippen molar-refractivity contribution in [1.29, 1.82) is 0 Å². The van der Waals surface area contributed by atoms with Crippen molar-refractivity contribution in [1.82, 2.24) is 4.72 Å². The van der Waals surface area contributed by atoms with E-state index in [4.69, 9.17) is 4.74 Å². The van der Waals surface area contributed by atoms with Crippen molar-refractivity contribution >= 4 is 32.5 Å². The number of carbonyl (C=O) groups excluding carboxylic acids is 1. The Bertz CT molecular complexity index is 650. The molecule has 0 fully saturated rings. The molecule has 1 aliphatic rings. The molecule has 2 rings (SSSR count). The van der Waals surface area contributed by atoms with Gasteiger partial charge < -0.3 is 4.74 Å². The molecule has 0 bridgehead atoms. The predicted octanol–water partition coefficient (Wildman–Crippen LogP) is 2.46. The summed E-state index contributed by atoms with van der Waals surface area (Å²) in [7, 11) is -3.70. The molecule has 0 unspecified atom stereocenters. The zero-order valence-electron chi connectivity index (χ0n) is 13.1. The lowest BCUT2D eigenvalue weighted by molar-refractivity contribution is 0.0526. The molecule has 0 aliphatic heterocycles. The molecule has 6 nitrogen and oxygen atoms in total. The highest BCUT2D eigenvalue weighted by Gasteiger charge is 2.28. The highest BCUT2D eigenvalue weighted by Crippen LogP contribution is 2.38. The minimum Gasteiger partial charge on any atom is -0.462 e. The van der Waals surface area contributed by atoms with Crippen LogP contribution in [0.5, 0.6) is 0 Å². The molecular weight excluding hydrogens is 324 g/mol. The molecule has 2 N–H and O–H groups in total. The van der Waals surface area contributed by atoms with Gasteiger partial charge in [-0.2, -0.15) is 13.1 Å². The van der Waals surface area contributed by atoms with Crippen LogP contribution in [0.15, 0.2) is 0 Å². The average Bonchev–Trinajstić information content (AvgIpc) is 2.73. The number of carbonyl (C=O) groups is 1. The van der Waals surface area contributed by atoms with Gasteiger partial charge in [0.15, 0.2) is 0 Å². The lowest BCUT2D eigenvalue weighted by Crippen LogP contribution is -2.35. The van der Waals surface area contributed by atoms with Crippen LogP contribution in [-0.2, 0) is 27.8 Å². The number of nitrogens with one attached hydrogen (secondary N) is 2. The lowest BCUT2D eigenvalue weighted by Gasteiger charge is -2.13. The smallest absolute Gasteiger partial charge is 0.341 e. The summed E-state index contributed by atoms with van der Waals surface area (Å²) in [6, 6.07) is -0.224. The van der Waals surface area contributed by atoms with Gasteiger partial charge >= 0.3 is 5.97 Å². The molecule has 1 heterocycles. The highest BCUT2D eigenvalue weighted by molar-refractivity contribution is 7.91. The summed E-state index contributed by atoms with van der Waals surface area (Å²) in [5.74, 6) is -0.454. The average molecular weight is 346 g/mol. The fourth-order valence-corrected chi connectivity index (χ4v) is 5.17. The minimum atomic E-state index is -3.70. The van der Waals surface area contributed by atoms with E-state index >= 15 is 0 Å². The molecule has 0 saturated carbocycles. The van der Waals surface area contributed by atoms with E-state index in [1.165, 1.54) is 11.3 Å². The number of hydrogen-bond acceptors (Lipinski definition) is 5. The zero-order valence-corrected chi connectivity index (χ0v) is 14.7. The van der Waals surface area contributed by atoms with Gasteiger partial charge in [-0.05, 0) is 52.0 Å². The Morgan fingerprint density at radius 2 is 2.00 bits per heavy atom. The second-order valence-corrected chi connectivity index (χ2v) is 8.07. The van der Waals surface area contributed by atoms with Crippen LogP contribution in [0.1, 0.15) is 54.4 Å². The largest absolute Gasteiger partial charge is 0.462 e. The lowest BCUT2D eigenvalue weighted by atomic mass is 9.95. The van der Waals surface area contributed by atoms with Crippen LogP contribution in [-0.4, -0.2) is 27.0 Å². The van der Waals surface area contributed by atoms with Crippen LogP contribution in [0, 0.1) is 0 Å². The van der Waals surface area contributed by atoms with E-state index in [1.54, 1.807) is 20.8 Å². The van der Waals surface area contributed by atoms with E-state index in [9.17, 15) is 13.2 Å². The molecular formula is C14H22N2O4S2. The third-order valence-electron chi connectivity index (χ3n) is 3.27. The molecule has 22 heavy (non-hydrogen) atoms. The van der Waals surface area contributed by atoms with Gasteiger partial charge in [0.1, 0.15) is 5.00 Å². The van der Waals surface area contributed by atoms with Crippen LogP contribution >= 0.6 is 11.3 Å². The standard InChI is InChI=1S/C14H22N2O4S2/c1-4-20-14(17)12-10-7-5-6-8-11(10)21-13(12)16-22(18,19)15-9(2)3/h9,15-16H,4-8H2,1-3H3. The summed E-state index contributed by atoms with van der Waals surface area (Å²) in [6.45, 7) is 5.48. The first-order valence-corrected chi connectivity index (χ1v) is 9.75. The first kappa shape index (κ1) is 17.2. The monoisotopic (exact) mass is 346 g/mol. The maximum absolute atomic E-state index is 12.2. The van der Waals surface area contributed by atoms with Crippen LogP contribution < -0.4 is 9.44 Å². The van der Waals surface area contributed by atoms with Crippen LogP contribution in [0.4, 0.5) is 5.00 Å². The SMILES string of the molecule is CCOC(=O)c1c(NS(=O)(=O)NC(C)C)sc2c1CCCC2. The van der Waals surface area contributed by atoms with Gasteiger partial charge in [-0.25, -0.2) is 4.79 Å². The van der Waals surface area contributed by atoms with Gasteiger partial charge in [-0.15, -0.1) is 11.3 Å². The van der Waals surface area contributed by atoms with Gasteiger partial charge in [-0.3, -0.25) is 4.72 Å². The third kappa shape index (κ3) is 3.99. The molecule has 0 amide bonds. The number of thiophene rings is 1. The molecule has 1 aliphatic carbocycles. The number of esters is 1. The number of hydrogen-bond donors (Lipinski definition) is 2. The predicted molar refractivity (Wildman–Crippen MR) is 87.7 cm³/mol. The fraction of sp³-hybridized carbons (Fsp3) is 0.643. The normalized spacial score (nSPS) is 14.7. The third-order valence-corrected chi connectivity index (χ3v) is 5.86. The maximum Gasteiger partial charge on any atom is 0.341 e. The minimum absolute atomic E-state index is 0.224. The fourth-order valence-electron chi connectivity index (χ4n) is 2.52. The summed E-state index contributed by atoms with van der Waals surface area (Å²) < 4.78 is 34.2. The number of aryl methyl sites for hydroxylation is 1. The Balaban J connectivity index is 2.38. The second-order valence-electron chi connectivity index (χ2n) is 5.51. The van der Waals surface area contributed by atoms with Gasteiger partial charge in [0.2, 0.25) is 0 Å². The number of anilines is 1. The summed E-state index contributed by atoms with van der Waals surface area (Å²) in [5, 5.41) is 0.360. The van der Waals surface area contributed by atoms with Crippen LogP contribution in [0.25, 0.3) is 0 Å². The van der Waals surface area contributed by atoms with Gasteiger partial charge in [-0.1, -0.05) is 0 Å². The highest BCUT2D eigenvalue weighted by atomic mass is 32.2. The Morgan fingerprint density at radius 3 is 2.64 bits per heavy atom. The first-order valence-electron chi connectivity index (χ1n) is 7.45. The molecule has 0 atom stereocenters. The summed E-state index contributed by atoms with van der Waals surface area (Å²) >= 11 is 1.34. The molecule has 0 spiro atoms. The van der Waals surface area contributed by atoms with Crippen molar-refractivity contribution in [2.45, 2.75) is 52.5 Å². The van der Waals surface area contributed by atoms with E-state index in [0.29, 0.717) is 10.6 Å². The van der Waals surface area contributed by atoms with Crippen LogP contribution in [0.2, 0.25) is 0 Å². The molecule has 0 aromatic carbocycles. The van der Waals surface area contributed by atoms with Crippen molar-refractivity contribution < 1.29 is 17.9 Å². The van der Waals surface area contributed by atoms with E-state index in [-0.39, 0.29) is 12.6 Å². The van der Waals surface area contributed by atoms with Crippen molar-refractivity contribution in [2.75, 3.05) is 11.3 Å². The van der Waals surface area contributed by atoms with E-state index < -0.39 is 16.2 Å². The second kappa shape index (κ2) is 6.97. The zero-order chi connectivity index (χ0) is 16.3. The molecule has 1 aromatic heterocycles. The van der Waals surface area contributed by atoms with Crippen molar-refractivity contribution in [3.8, 4) is 0 Å². The van der Waals surface area contributed by atoms with E-state index in [1.807, 2.05) is 0 Å².